The van der Waals surface area contributed by atoms with Crippen molar-refractivity contribution in [2.24, 2.45) is 0 Å². The van der Waals surface area contributed by atoms with Crippen molar-refractivity contribution >= 4 is 16.9 Å². The molecule has 0 spiro atoms. The maximum absolute atomic E-state index is 14.7. The first-order valence-corrected chi connectivity index (χ1v) is 9.30. The lowest BCUT2D eigenvalue weighted by Gasteiger charge is -2.38. The number of benzene rings is 1. The molecule has 1 aliphatic heterocycles. The fourth-order valence-electron chi connectivity index (χ4n) is 3.54. The number of aromatic amines is 1. The van der Waals surface area contributed by atoms with Crippen LogP contribution in [0, 0.1) is 0 Å². The molecule has 2 aromatic heterocycles. The molecule has 6 nitrogen and oxygen atoms in total. The number of hydrogen-bond acceptors (Lipinski definition) is 5. The maximum atomic E-state index is 14.7. The molecule has 3 aromatic rings. The van der Waals surface area contributed by atoms with Gasteiger partial charge in [-0.15, -0.1) is 0 Å². The molecule has 1 aromatic carbocycles. The second kappa shape index (κ2) is 7.94. The number of rotatable bonds is 6. The van der Waals surface area contributed by atoms with Gasteiger partial charge in [0.15, 0.2) is 5.65 Å². The Hall–Kier alpha value is -2.75. The third-order valence-corrected chi connectivity index (χ3v) is 5.19. The molecule has 0 bridgehead atoms. The molecular formula is C19H20F4N6. The minimum atomic E-state index is -2.95. The van der Waals surface area contributed by atoms with Gasteiger partial charge in [-0.3, -0.25) is 10.00 Å². The number of anilines is 1. The molecule has 0 aliphatic carbocycles. The third-order valence-electron chi connectivity index (χ3n) is 5.19. The van der Waals surface area contributed by atoms with Gasteiger partial charge in [0, 0.05) is 18.7 Å². The van der Waals surface area contributed by atoms with Gasteiger partial charge in [0.25, 0.3) is 12.3 Å². The van der Waals surface area contributed by atoms with Gasteiger partial charge in [0.1, 0.15) is 12.1 Å². The molecule has 0 unspecified atom stereocenters. The lowest BCUT2D eigenvalue weighted by molar-refractivity contribution is -0.0734. The average molecular weight is 408 g/mol. The number of piperidine rings is 1. The van der Waals surface area contributed by atoms with E-state index in [9.17, 15) is 17.6 Å². The molecule has 4 rings (SSSR count). The molecule has 0 saturated carbocycles. The first-order chi connectivity index (χ1) is 13.9. The Labute approximate surface area is 164 Å². The maximum Gasteiger partial charge on any atom is 0.280 e. The number of nitrogens with one attached hydrogen (secondary N) is 2. The first-order valence-electron chi connectivity index (χ1n) is 9.30. The fraction of sp³-hybridized carbons (Fsp3) is 0.421. The van der Waals surface area contributed by atoms with E-state index in [2.05, 4.69) is 25.5 Å². The number of likely N-dealkylation sites (tertiary alicyclic amines) is 1. The summed E-state index contributed by atoms with van der Waals surface area (Å²) in [7, 11) is 0. The number of alkyl halides is 4. The van der Waals surface area contributed by atoms with Crippen LogP contribution in [-0.4, -0.2) is 56.7 Å². The number of halogens is 4. The van der Waals surface area contributed by atoms with Gasteiger partial charge in [0.05, 0.1) is 24.2 Å². The minimum Gasteiger partial charge on any atom is -0.360 e. The summed E-state index contributed by atoms with van der Waals surface area (Å²) in [6, 6.07) is 4.96. The van der Waals surface area contributed by atoms with Crippen LogP contribution in [0.3, 0.4) is 0 Å². The largest absolute Gasteiger partial charge is 0.360 e. The van der Waals surface area contributed by atoms with Gasteiger partial charge in [-0.05, 0) is 18.4 Å². The monoisotopic (exact) mass is 408 g/mol. The predicted octanol–water partition coefficient (Wildman–Crippen LogP) is 3.65. The molecule has 0 radical (unpaired) electrons. The summed E-state index contributed by atoms with van der Waals surface area (Å²) < 4.78 is 54.7. The standard InChI is InChI=1S/C19H20F4N6/c20-16(21)13-3-1-12(2-4-13)5-7-29-8-6-15(19(22,23)10-29)27-17-14-9-26-28-18(14)25-11-24-17/h1-4,9,11,15-16H,5-8,10H2,(H2,24,25,26,27,28)/t15-/m1/s1. The predicted molar refractivity (Wildman–Crippen MR) is 100 cm³/mol. The zero-order chi connectivity index (χ0) is 20.4. The summed E-state index contributed by atoms with van der Waals surface area (Å²) in [6.45, 7) is 0.567. The van der Waals surface area contributed by atoms with Gasteiger partial charge in [0.2, 0.25) is 0 Å². The molecule has 29 heavy (non-hydrogen) atoms. The van der Waals surface area contributed by atoms with E-state index < -0.39 is 18.4 Å². The Balaban J connectivity index is 1.35. The molecular weight excluding hydrogens is 388 g/mol. The van der Waals surface area contributed by atoms with Crippen LogP contribution in [0.15, 0.2) is 36.8 Å². The van der Waals surface area contributed by atoms with Crippen LogP contribution in [0.1, 0.15) is 24.0 Å². The number of hydrogen-bond donors (Lipinski definition) is 2. The minimum absolute atomic E-state index is 0.0383. The first kappa shape index (κ1) is 19.6. The van der Waals surface area contributed by atoms with Crippen LogP contribution < -0.4 is 5.32 Å². The Bertz CT molecular complexity index is 959. The van der Waals surface area contributed by atoms with E-state index in [0.717, 1.165) is 5.56 Å². The zero-order valence-corrected chi connectivity index (χ0v) is 15.5. The number of H-pyrrole nitrogens is 1. The van der Waals surface area contributed by atoms with E-state index >= 15 is 0 Å². The van der Waals surface area contributed by atoms with Crippen molar-refractivity contribution in [2.75, 3.05) is 25.0 Å². The highest BCUT2D eigenvalue weighted by Gasteiger charge is 2.44. The van der Waals surface area contributed by atoms with Gasteiger partial charge in [-0.1, -0.05) is 24.3 Å². The van der Waals surface area contributed by atoms with Crippen LogP contribution in [-0.2, 0) is 6.42 Å². The molecule has 10 heteroatoms. The van der Waals surface area contributed by atoms with Crippen LogP contribution >= 0.6 is 0 Å². The van der Waals surface area contributed by atoms with Crippen molar-refractivity contribution < 1.29 is 17.6 Å². The van der Waals surface area contributed by atoms with E-state index in [1.807, 2.05) is 0 Å². The Morgan fingerprint density at radius 3 is 2.72 bits per heavy atom. The summed E-state index contributed by atoms with van der Waals surface area (Å²) >= 11 is 0. The topological polar surface area (TPSA) is 69.7 Å². The van der Waals surface area contributed by atoms with E-state index in [0.29, 0.717) is 36.4 Å². The molecule has 0 amide bonds. The molecule has 1 aliphatic rings. The lowest BCUT2D eigenvalue weighted by atomic mass is 9.99. The molecule has 1 fully saturated rings. The Morgan fingerprint density at radius 2 is 2.00 bits per heavy atom. The molecule has 2 N–H and O–H groups in total. The highest BCUT2D eigenvalue weighted by atomic mass is 19.3. The van der Waals surface area contributed by atoms with Crippen molar-refractivity contribution in [3.63, 3.8) is 0 Å². The van der Waals surface area contributed by atoms with Crippen molar-refractivity contribution in [3.8, 4) is 0 Å². The number of aromatic nitrogens is 4. The average Bonchev–Trinajstić information content (AvgIpc) is 3.18. The summed E-state index contributed by atoms with van der Waals surface area (Å²) in [4.78, 5) is 9.78. The third kappa shape index (κ3) is 4.31. The summed E-state index contributed by atoms with van der Waals surface area (Å²) in [5, 5.41) is 9.98. The summed E-state index contributed by atoms with van der Waals surface area (Å²) in [6.07, 6.45) is 1.08. The van der Waals surface area contributed by atoms with Gasteiger partial charge >= 0.3 is 0 Å². The highest BCUT2D eigenvalue weighted by Crippen LogP contribution is 2.31. The number of nitrogens with zero attached hydrogens (tertiary/aromatic N) is 4. The summed E-state index contributed by atoms with van der Waals surface area (Å²) in [5.74, 6) is -2.61. The second-order valence-electron chi connectivity index (χ2n) is 7.17. The van der Waals surface area contributed by atoms with Crippen molar-refractivity contribution in [3.05, 3.63) is 47.9 Å². The number of fused-ring (bicyclic) bond motifs is 1. The molecule has 1 saturated heterocycles. The van der Waals surface area contributed by atoms with Gasteiger partial charge in [-0.2, -0.15) is 5.10 Å². The Morgan fingerprint density at radius 1 is 1.21 bits per heavy atom. The lowest BCUT2D eigenvalue weighted by Crippen LogP contribution is -2.54. The molecule has 3 heterocycles. The Kier molecular flexibility index (Phi) is 5.35. The second-order valence-corrected chi connectivity index (χ2v) is 7.17. The van der Waals surface area contributed by atoms with Crippen LogP contribution in [0.25, 0.3) is 11.0 Å². The smallest absolute Gasteiger partial charge is 0.280 e. The van der Waals surface area contributed by atoms with Crippen LogP contribution in [0.5, 0.6) is 0 Å². The van der Waals surface area contributed by atoms with E-state index in [4.69, 9.17) is 0 Å². The normalized spacial score (nSPS) is 19.7. The summed E-state index contributed by atoms with van der Waals surface area (Å²) in [5.41, 5.74) is 1.30. The zero-order valence-electron chi connectivity index (χ0n) is 15.5. The van der Waals surface area contributed by atoms with Crippen LogP contribution in [0.2, 0.25) is 0 Å². The van der Waals surface area contributed by atoms with Crippen molar-refractivity contribution in [2.45, 2.75) is 31.2 Å². The van der Waals surface area contributed by atoms with Gasteiger partial charge in [-0.25, -0.2) is 27.5 Å². The quantitative estimate of drug-likeness (QED) is 0.610. The van der Waals surface area contributed by atoms with Gasteiger partial charge < -0.3 is 5.32 Å². The van der Waals surface area contributed by atoms with E-state index in [-0.39, 0.29) is 18.5 Å². The highest BCUT2D eigenvalue weighted by molar-refractivity contribution is 5.85. The fourth-order valence-corrected chi connectivity index (χ4v) is 3.54. The van der Waals surface area contributed by atoms with E-state index in [1.54, 1.807) is 17.0 Å². The van der Waals surface area contributed by atoms with Crippen molar-refractivity contribution in [1.29, 1.82) is 0 Å². The van der Waals surface area contributed by atoms with Crippen LogP contribution in [0.4, 0.5) is 23.4 Å². The van der Waals surface area contributed by atoms with Crippen molar-refractivity contribution in [1.82, 2.24) is 25.1 Å². The molecule has 1 atom stereocenters. The SMILES string of the molecule is FC(F)c1ccc(CCN2CC[C@@H](Nc3ncnc4[nH]ncc34)C(F)(F)C2)cc1. The molecule has 154 valence electrons. The van der Waals surface area contributed by atoms with E-state index in [1.165, 1.54) is 24.7 Å².